The van der Waals surface area contributed by atoms with Crippen LogP contribution in [0.4, 0.5) is 4.39 Å². The maximum atomic E-state index is 13.8. The summed E-state index contributed by atoms with van der Waals surface area (Å²) in [4.78, 5) is 20.0. The minimum absolute atomic E-state index is 0.0231. The van der Waals surface area contributed by atoms with Crippen LogP contribution in [0.3, 0.4) is 0 Å². The van der Waals surface area contributed by atoms with Gasteiger partial charge < -0.3 is 20.1 Å². The summed E-state index contributed by atoms with van der Waals surface area (Å²) < 4.78 is 21.3. The summed E-state index contributed by atoms with van der Waals surface area (Å²) in [5.41, 5.74) is 3.67. The fourth-order valence-corrected chi connectivity index (χ4v) is 4.15. The fraction of sp³-hybridized carbons (Fsp3) is 0.360. The topological polar surface area (TPSA) is 131 Å². The summed E-state index contributed by atoms with van der Waals surface area (Å²) >= 11 is 0. The smallest absolute Gasteiger partial charge is 0.305 e. The fourth-order valence-electron chi connectivity index (χ4n) is 4.15. The van der Waals surface area contributed by atoms with Gasteiger partial charge in [0.05, 0.1) is 30.9 Å². The summed E-state index contributed by atoms with van der Waals surface area (Å²) in [6.07, 6.45) is 1.81. The van der Waals surface area contributed by atoms with Crippen molar-refractivity contribution in [2.24, 2.45) is 0 Å². The Bertz CT molecular complexity index is 1240. The van der Waals surface area contributed by atoms with E-state index in [-0.39, 0.29) is 31.4 Å². The van der Waals surface area contributed by atoms with E-state index in [0.29, 0.717) is 17.2 Å². The highest BCUT2D eigenvalue weighted by Gasteiger charge is 2.26. The van der Waals surface area contributed by atoms with Crippen molar-refractivity contribution >= 4 is 12.0 Å². The molecule has 1 aromatic carbocycles. The lowest BCUT2D eigenvalue weighted by molar-refractivity contribution is -0.139. The molecule has 0 radical (unpaired) electrons. The molecule has 4 rings (SSSR count). The molecule has 0 amide bonds. The Morgan fingerprint density at radius 2 is 1.97 bits per heavy atom. The summed E-state index contributed by atoms with van der Waals surface area (Å²) in [6.45, 7) is 4.45. The molecule has 2 aromatic heterocycles. The summed E-state index contributed by atoms with van der Waals surface area (Å²) in [7, 11) is 0. The van der Waals surface area contributed by atoms with Crippen LogP contribution in [0.2, 0.25) is 0 Å². The van der Waals surface area contributed by atoms with E-state index in [0.717, 1.165) is 22.4 Å². The molecule has 1 aliphatic rings. The van der Waals surface area contributed by atoms with Gasteiger partial charge in [-0.3, -0.25) is 4.79 Å². The Balaban J connectivity index is 1.87. The highest BCUT2D eigenvalue weighted by molar-refractivity contribution is 5.81. The van der Waals surface area contributed by atoms with Crippen LogP contribution < -0.4 is 0 Å². The molecule has 1 aliphatic heterocycles. The number of carboxylic acids is 1. The first-order valence-corrected chi connectivity index (χ1v) is 11.3. The van der Waals surface area contributed by atoms with Crippen molar-refractivity contribution in [3.8, 4) is 16.9 Å². The SMILES string of the molecule is CC(C)c1nc2c(c(-c3ccc(F)cc3)c1C=C[C@@H](O)C[C@@H](O)CC(=O)O)COCc1ncnn1-2. The molecule has 0 fully saturated rings. The van der Waals surface area contributed by atoms with Crippen molar-refractivity contribution in [2.45, 2.75) is 58.0 Å². The zero-order chi connectivity index (χ0) is 25.1. The molecule has 10 heteroatoms. The van der Waals surface area contributed by atoms with Crippen LogP contribution in [0.25, 0.3) is 23.0 Å². The van der Waals surface area contributed by atoms with Gasteiger partial charge in [0.1, 0.15) is 18.8 Å². The molecule has 0 saturated carbocycles. The second-order valence-corrected chi connectivity index (χ2v) is 8.74. The standard InChI is InChI=1S/C25H27FN4O5/c1-14(2)24-19(8-7-17(31)9-18(32)10-22(33)34)23(15-3-5-16(26)6-4-15)20-11-35-12-21-27-13-28-30(21)25(20)29-24/h3-8,13-14,17-18,31-32H,9-12H2,1-2H3,(H,33,34)/t17-,18-/m1/s1. The number of pyridine rings is 1. The molecule has 3 N–H and O–H groups in total. The van der Waals surface area contributed by atoms with E-state index < -0.39 is 24.6 Å². The van der Waals surface area contributed by atoms with Crippen molar-refractivity contribution in [1.29, 1.82) is 0 Å². The number of fused-ring (bicyclic) bond motifs is 3. The molecule has 3 heterocycles. The van der Waals surface area contributed by atoms with Gasteiger partial charge in [-0.25, -0.2) is 14.4 Å². The van der Waals surface area contributed by atoms with Gasteiger partial charge in [0.2, 0.25) is 0 Å². The quantitative estimate of drug-likeness (QED) is 0.446. The number of carboxylic acid groups (broad SMARTS) is 1. The van der Waals surface area contributed by atoms with E-state index >= 15 is 0 Å². The monoisotopic (exact) mass is 482 g/mol. The Hall–Kier alpha value is -3.47. The van der Waals surface area contributed by atoms with Crippen molar-refractivity contribution in [2.75, 3.05) is 0 Å². The number of aliphatic hydroxyl groups is 2. The zero-order valence-corrected chi connectivity index (χ0v) is 19.4. The van der Waals surface area contributed by atoms with Crippen LogP contribution in [0.5, 0.6) is 0 Å². The average molecular weight is 483 g/mol. The maximum absolute atomic E-state index is 13.8. The molecule has 2 atom stereocenters. The molecule has 0 spiro atoms. The maximum Gasteiger partial charge on any atom is 0.305 e. The van der Waals surface area contributed by atoms with Crippen LogP contribution >= 0.6 is 0 Å². The number of aromatic nitrogens is 4. The van der Waals surface area contributed by atoms with E-state index in [4.69, 9.17) is 14.8 Å². The number of benzene rings is 1. The Labute approximate surface area is 201 Å². The minimum atomic E-state index is -1.18. The molecule has 0 saturated heterocycles. The van der Waals surface area contributed by atoms with E-state index in [9.17, 15) is 19.4 Å². The Kier molecular flexibility index (Phi) is 7.34. The number of aliphatic carboxylic acids is 1. The van der Waals surface area contributed by atoms with Crippen molar-refractivity contribution < 1.29 is 29.2 Å². The number of aliphatic hydroxyl groups excluding tert-OH is 2. The van der Waals surface area contributed by atoms with Crippen LogP contribution in [-0.4, -0.2) is 53.2 Å². The lowest BCUT2D eigenvalue weighted by Gasteiger charge is -2.21. The molecule has 3 aromatic rings. The van der Waals surface area contributed by atoms with E-state index in [1.54, 1.807) is 22.9 Å². The highest BCUT2D eigenvalue weighted by atomic mass is 19.1. The molecule has 0 aliphatic carbocycles. The van der Waals surface area contributed by atoms with Crippen molar-refractivity contribution in [1.82, 2.24) is 19.7 Å². The number of ether oxygens (including phenoxy) is 1. The molecule has 9 nitrogen and oxygen atoms in total. The largest absolute Gasteiger partial charge is 0.481 e. The van der Waals surface area contributed by atoms with E-state index in [1.807, 2.05) is 13.8 Å². The van der Waals surface area contributed by atoms with Gasteiger partial charge in [0, 0.05) is 23.1 Å². The molecule has 0 bridgehead atoms. The summed E-state index contributed by atoms with van der Waals surface area (Å²) in [6, 6.07) is 6.10. The van der Waals surface area contributed by atoms with Crippen LogP contribution in [-0.2, 0) is 22.7 Å². The van der Waals surface area contributed by atoms with Gasteiger partial charge in [-0.05, 0) is 23.6 Å². The first-order valence-electron chi connectivity index (χ1n) is 11.3. The second kappa shape index (κ2) is 10.4. The third-order valence-electron chi connectivity index (χ3n) is 5.73. The lowest BCUT2D eigenvalue weighted by atomic mass is 9.90. The van der Waals surface area contributed by atoms with E-state index in [2.05, 4.69) is 10.1 Å². The second-order valence-electron chi connectivity index (χ2n) is 8.74. The Morgan fingerprint density at radius 1 is 1.23 bits per heavy atom. The number of nitrogens with zero attached hydrogens (tertiary/aromatic N) is 4. The first-order chi connectivity index (χ1) is 16.7. The summed E-state index contributed by atoms with van der Waals surface area (Å²) in [5.74, 6) is -0.343. The Morgan fingerprint density at radius 3 is 2.66 bits per heavy atom. The third kappa shape index (κ3) is 5.45. The van der Waals surface area contributed by atoms with Crippen LogP contribution in [0.15, 0.2) is 36.7 Å². The van der Waals surface area contributed by atoms with Gasteiger partial charge in [-0.1, -0.05) is 38.1 Å². The third-order valence-corrected chi connectivity index (χ3v) is 5.73. The minimum Gasteiger partial charge on any atom is -0.481 e. The summed E-state index contributed by atoms with van der Waals surface area (Å²) in [5, 5.41) is 33.5. The molecule has 0 unspecified atom stereocenters. The molecule has 184 valence electrons. The van der Waals surface area contributed by atoms with Gasteiger partial charge in [0.25, 0.3) is 0 Å². The zero-order valence-electron chi connectivity index (χ0n) is 19.4. The number of hydrogen-bond acceptors (Lipinski definition) is 7. The van der Waals surface area contributed by atoms with Crippen molar-refractivity contribution in [3.63, 3.8) is 0 Å². The molecular weight excluding hydrogens is 455 g/mol. The average Bonchev–Trinajstić information content (AvgIpc) is 3.18. The van der Waals surface area contributed by atoms with Gasteiger partial charge in [-0.15, -0.1) is 0 Å². The van der Waals surface area contributed by atoms with E-state index in [1.165, 1.54) is 24.5 Å². The van der Waals surface area contributed by atoms with Crippen LogP contribution in [0.1, 0.15) is 55.3 Å². The molecule has 35 heavy (non-hydrogen) atoms. The number of hydrogen-bond donors (Lipinski definition) is 3. The normalized spacial score (nSPS) is 15.0. The van der Waals surface area contributed by atoms with Gasteiger partial charge >= 0.3 is 5.97 Å². The number of halogens is 1. The van der Waals surface area contributed by atoms with Crippen molar-refractivity contribution in [3.05, 3.63) is 65.1 Å². The predicted molar refractivity (Wildman–Crippen MR) is 125 cm³/mol. The number of carbonyl (C=O) groups is 1. The predicted octanol–water partition coefficient (Wildman–Crippen LogP) is 3.22. The van der Waals surface area contributed by atoms with Crippen LogP contribution in [0, 0.1) is 5.82 Å². The lowest BCUT2D eigenvalue weighted by Crippen LogP contribution is -2.19. The molecular formula is C25H27FN4O5. The van der Waals surface area contributed by atoms with Gasteiger partial charge in [-0.2, -0.15) is 9.78 Å². The van der Waals surface area contributed by atoms with Gasteiger partial charge in [0.15, 0.2) is 11.6 Å². The first kappa shape index (κ1) is 24.6. The highest BCUT2D eigenvalue weighted by Crippen LogP contribution is 2.38. The number of rotatable bonds is 8.